The highest BCUT2D eigenvalue weighted by molar-refractivity contribution is 5.50. The normalized spacial score (nSPS) is 31.9. The van der Waals surface area contributed by atoms with Crippen LogP contribution in [0.5, 0.6) is 0 Å². The Hall–Kier alpha value is -1.50. The molecular formula is C18H21N. The Bertz CT molecular complexity index is 568. The summed E-state index contributed by atoms with van der Waals surface area (Å²) in [6.07, 6.45) is 18.3. The maximum atomic E-state index is 3.37. The second-order valence-corrected chi connectivity index (χ2v) is 6.09. The molecule has 0 radical (unpaired) electrons. The van der Waals surface area contributed by atoms with E-state index in [1.807, 2.05) is 7.05 Å². The van der Waals surface area contributed by atoms with Crippen LogP contribution in [0.4, 0.5) is 0 Å². The number of nitrogens with one attached hydrogen (secondary N) is 1. The number of rotatable bonds is 1. The van der Waals surface area contributed by atoms with Gasteiger partial charge < -0.3 is 5.32 Å². The summed E-state index contributed by atoms with van der Waals surface area (Å²) >= 11 is 0. The van der Waals surface area contributed by atoms with Crippen LogP contribution in [0.15, 0.2) is 58.4 Å². The number of allylic oxidation sites excluding steroid dienone is 9. The second-order valence-electron chi connectivity index (χ2n) is 6.09. The van der Waals surface area contributed by atoms with Gasteiger partial charge in [-0.1, -0.05) is 41.0 Å². The molecule has 4 aliphatic rings. The molecule has 1 unspecified atom stereocenters. The first-order valence-electron chi connectivity index (χ1n) is 7.55. The van der Waals surface area contributed by atoms with Crippen molar-refractivity contribution in [3.05, 3.63) is 58.4 Å². The van der Waals surface area contributed by atoms with E-state index in [1.165, 1.54) is 43.4 Å². The fourth-order valence-corrected chi connectivity index (χ4v) is 4.24. The third kappa shape index (κ3) is 1.68. The predicted octanol–water partition coefficient (Wildman–Crippen LogP) is 4.03. The minimum atomic E-state index is 0.648. The first-order valence-corrected chi connectivity index (χ1v) is 7.55. The molecule has 19 heavy (non-hydrogen) atoms. The molecule has 0 aromatic heterocycles. The van der Waals surface area contributed by atoms with Gasteiger partial charge in [-0.2, -0.15) is 0 Å². The lowest BCUT2D eigenvalue weighted by Crippen LogP contribution is -2.20. The highest BCUT2D eigenvalue weighted by Crippen LogP contribution is 2.48. The van der Waals surface area contributed by atoms with E-state index in [0.717, 1.165) is 5.92 Å². The number of hydrogen-bond acceptors (Lipinski definition) is 1. The van der Waals surface area contributed by atoms with Gasteiger partial charge in [-0.05, 0) is 43.8 Å². The van der Waals surface area contributed by atoms with E-state index in [0.29, 0.717) is 5.92 Å². The van der Waals surface area contributed by atoms with Crippen molar-refractivity contribution in [3.8, 4) is 0 Å². The monoisotopic (exact) mass is 251 g/mol. The topological polar surface area (TPSA) is 12.0 Å². The van der Waals surface area contributed by atoms with Crippen molar-refractivity contribution in [1.82, 2.24) is 5.32 Å². The average Bonchev–Trinajstić information content (AvgIpc) is 2.76. The van der Waals surface area contributed by atoms with Gasteiger partial charge in [-0.3, -0.25) is 0 Å². The Labute approximate surface area is 115 Å². The molecule has 2 atom stereocenters. The predicted molar refractivity (Wildman–Crippen MR) is 79.5 cm³/mol. The molecule has 1 saturated carbocycles. The Morgan fingerprint density at radius 3 is 2.58 bits per heavy atom. The molecule has 0 spiro atoms. The Morgan fingerprint density at radius 1 is 0.895 bits per heavy atom. The lowest BCUT2D eigenvalue weighted by atomic mass is 9.77. The lowest BCUT2D eigenvalue weighted by molar-refractivity contribution is 0.532. The van der Waals surface area contributed by atoms with Crippen LogP contribution in [-0.2, 0) is 0 Å². The molecule has 98 valence electrons. The first-order chi connectivity index (χ1) is 9.36. The summed E-state index contributed by atoms with van der Waals surface area (Å²) in [5.74, 6) is 1.38. The van der Waals surface area contributed by atoms with E-state index in [2.05, 4.69) is 35.7 Å². The van der Waals surface area contributed by atoms with Crippen LogP contribution in [0.1, 0.15) is 32.1 Å². The van der Waals surface area contributed by atoms with E-state index in [-0.39, 0.29) is 0 Å². The minimum absolute atomic E-state index is 0.648. The van der Waals surface area contributed by atoms with Crippen LogP contribution < -0.4 is 5.32 Å². The largest absolute Gasteiger partial charge is 0.388 e. The van der Waals surface area contributed by atoms with Crippen molar-refractivity contribution in [2.24, 2.45) is 11.8 Å². The first kappa shape index (κ1) is 11.3. The van der Waals surface area contributed by atoms with Crippen molar-refractivity contribution in [2.45, 2.75) is 32.1 Å². The highest BCUT2D eigenvalue weighted by atomic mass is 14.8. The Morgan fingerprint density at radius 2 is 1.68 bits per heavy atom. The van der Waals surface area contributed by atoms with Gasteiger partial charge in [0.15, 0.2) is 0 Å². The summed E-state index contributed by atoms with van der Waals surface area (Å²) in [5, 5.41) is 3.37. The Kier molecular flexibility index (Phi) is 2.54. The van der Waals surface area contributed by atoms with E-state index in [9.17, 15) is 0 Å². The van der Waals surface area contributed by atoms with E-state index in [4.69, 9.17) is 0 Å². The van der Waals surface area contributed by atoms with Gasteiger partial charge in [0, 0.05) is 24.6 Å². The quantitative estimate of drug-likeness (QED) is 0.694. The van der Waals surface area contributed by atoms with Gasteiger partial charge in [-0.15, -0.1) is 0 Å². The number of likely N-dealkylation sites (N-methyl/N-ethyl adjacent to an activating group) is 1. The third-order valence-corrected chi connectivity index (χ3v) is 5.25. The van der Waals surface area contributed by atoms with Crippen LogP contribution in [0, 0.1) is 11.8 Å². The summed E-state index contributed by atoms with van der Waals surface area (Å²) in [7, 11) is 2.04. The average molecular weight is 251 g/mol. The van der Waals surface area contributed by atoms with Crippen LogP contribution in [0.25, 0.3) is 0 Å². The minimum Gasteiger partial charge on any atom is -0.388 e. The van der Waals surface area contributed by atoms with Crippen LogP contribution in [-0.4, -0.2) is 7.05 Å². The zero-order valence-electron chi connectivity index (χ0n) is 11.6. The second kappa shape index (κ2) is 4.26. The van der Waals surface area contributed by atoms with Gasteiger partial charge in [0.1, 0.15) is 0 Å². The molecule has 0 aromatic rings. The summed E-state index contributed by atoms with van der Waals surface area (Å²) in [6.45, 7) is 0. The fourth-order valence-electron chi connectivity index (χ4n) is 4.24. The molecule has 0 aliphatic heterocycles. The van der Waals surface area contributed by atoms with Crippen molar-refractivity contribution in [3.63, 3.8) is 0 Å². The lowest BCUT2D eigenvalue weighted by Gasteiger charge is -2.29. The smallest absolute Gasteiger partial charge is 0.0376 e. The summed E-state index contributed by atoms with van der Waals surface area (Å²) in [6, 6.07) is 0. The molecular weight excluding hydrogens is 230 g/mol. The maximum absolute atomic E-state index is 3.37. The zero-order chi connectivity index (χ0) is 12.8. The fraction of sp³-hybridized carbons (Fsp3) is 0.444. The van der Waals surface area contributed by atoms with Crippen LogP contribution in [0.2, 0.25) is 0 Å². The third-order valence-electron chi connectivity index (χ3n) is 5.25. The molecule has 1 heteroatoms. The molecule has 4 rings (SSSR count). The van der Waals surface area contributed by atoms with Gasteiger partial charge in [0.05, 0.1) is 0 Å². The van der Waals surface area contributed by atoms with Gasteiger partial charge in [0.2, 0.25) is 0 Å². The SMILES string of the molecule is CNC1=CC=C2CCC3=CCCC4=CC=C1[C@H]2CC43. The summed E-state index contributed by atoms with van der Waals surface area (Å²) < 4.78 is 0. The van der Waals surface area contributed by atoms with Crippen LogP contribution in [0.3, 0.4) is 0 Å². The molecule has 1 nitrogen and oxygen atoms in total. The molecule has 0 aromatic carbocycles. The van der Waals surface area contributed by atoms with E-state index < -0.39 is 0 Å². The van der Waals surface area contributed by atoms with Gasteiger partial charge in [-0.25, -0.2) is 0 Å². The van der Waals surface area contributed by atoms with Crippen LogP contribution >= 0.6 is 0 Å². The number of hydrogen-bond donors (Lipinski definition) is 1. The van der Waals surface area contributed by atoms with Crippen molar-refractivity contribution in [1.29, 1.82) is 0 Å². The molecule has 1 fully saturated rings. The van der Waals surface area contributed by atoms with Gasteiger partial charge >= 0.3 is 0 Å². The molecule has 1 N–H and O–H groups in total. The summed E-state index contributed by atoms with van der Waals surface area (Å²) in [5.41, 5.74) is 7.87. The molecule has 0 saturated heterocycles. The molecule has 0 amide bonds. The van der Waals surface area contributed by atoms with Gasteiger partial charge in [0.25, 0.3) is 0 Å². The van der Waals surface area contributed by atoms with E-state index >= 15 is 0 Å². The zero-order valence-corrected chi connectivity index (χ0v) is 11.6. The standard InChI is InChI=1S/C18H21N/c1-19-18-10-8-14-6-5-12-3-2-4-13-7-9-15(18)17(14)11-16(12)13/h3,7-10,16-17,19H,2,4-6,11H2,1H3/t16?,17-/m0/s1. The van der Waals surface area contributed by atoms with Crippen molar-refractivity contribution in [2.75, 3.05) is 7.05 Å². The molecule has 4 aliphatic carbocycles. The maximum Gasteiger partial charge on any atom is 0.0376 e. The molecule has 2 bridgehead atoms. The summed E-state index contributed by atoms with van der Waals surface area (Å²) in [4.78, 5) is 0. The van der Waals surface area contributed by atoms with Crippen molar-refractivity contribution >= 4 is 0 Å². The van der Waals surface area contributed by atoms with E-state index in [1.54, 1.807) is 16.7 Å². The highest BCUT2D eigenvalue weighted by Gasteiger charge is 2.35. The Balaban J connectivity index is 1.87. The van der Waals surface area contributed by atoms with Crippen molar-refractivity contribution < 1.29 is 0 Å². The molecule has 0 heterocycles.